The Morgan fingerprint density at radius 3 is 2.76 bits per heavy atom. The molecule has 5 rings (SSSR count). The second-order valence-corrected chi connectivity index (χ2v) is 8.34. The van der Waals surface area contributed by atoms with E-state index in [0.717, 1.165) is 16.9 Å². The van der Waals surface area contributed by atoms with Crippen LogP contribution in [-0.4, -0.2) is 37.9 Å². The van der Waals surface area contributed by atoms with Gasteiger partial charge in [-0.05, 0) is 60.0 Å². The number of carbonyl (C=O) groups is 2. The number of rotatable bonds is 4. The second-order valence-electron chi connectivity index (χ2n) is 8.34. The number of aromatic hydroxyl groups is 1. The summed E-state index contributed by atoms with van der Waals surface area (Å²) < 4.78 is 5.73. The molecule has 0 aliphatic carbocycles. The number of ketones is 1. The third-order valence-electron chi connectivity index (χ3n) is 5.97. The van der Waals surface area contributed by atoms with E-state index in [-0.39, 0.29) is 29.7 Å². The fourth-order valence-corrected chi connectivity index (χ4v) is 4.50. The zero-order valence-electron chi connectivity index (χ0n) is 17.9. The SMILES string of the molecule is C[C@@H]1Cc2cc(C(O)=C3C(=O)C(=O)N(Cc4cccnc4)[C@@H]3c3cccc(O)c3)ccc2O1. The summed E-state index contributed by atoms with van der Waals surface area (Å²) in [5.74, 6) is -0.983. The molecule has 2 aliphatic heterocycles. The van der Waals surface area contributed by atoms with Gasteiger partial charge in [0.15, 0.2) is 0 Å². The predicted octanol–water partition coefficient (Wildman–Crippen LogP) is 3.73. The zero-order chi connectivity index (χ0) is 23.1. The van der Waals surface area contributed by atoms with Crippen LogP contribution in [0.25, 0.3) is 5.76 Å². The van der Waals surface area contributed by atoms with Gasteiger partial charge in [0.2, 0.25) is 0 Å². The van der Waals surface area contributed by atoms with E-state index in [9.17, 15) is 19.8 Å². The summed E-state index contributed by atoms with van der Waals surface area (Å²) in [4.78, 5) is 31.7. The molecular weight excluding hydrogens is 420 g/mol. The lowest BCUT2D eigenvalue weighted by Gasteiger charge is -2.25. The minimum atomic E-state index is -0.860. The molecule has 1 amide bonds. The Labute approximate surface area is 190 Å². The standard InChI is InChI=1S/C26H22N2O5/c1-15-10-19-11-18(7-8-21(19)33-15)24(30)22-23(17-5-2-6-20(29)12-17)28(26(32)25(22)31)14-16-4-3-9-27-13-16/h2-9,11-13,15,23,29-30H,10,14H2,1H3/t15-,23-/m1/s1. The number of phenolic OH excluding ortho intramolecular Hbond substituents is 1. The number of aliphatic hydroxyl groups is 1. The lowest BCUT2D eigenvalue weighted by Crippen LogP contribution is -2.29. The van der Waals surface area contributed by atoms with Crippen molar-refractivity contribution in [3.8, 4) is 11.5 Å². The van der Waals surface area contributed by atoms with Crippen LogP contribution >= 0.6 is 0 Å². The molecule has 33 heavy (non-hydrogen) atoms. The van der Waals surface area contributed by atoms with Gasteiger partial charge in [-0.2, -0.15) is 0 Å². The van der Waals surface area contributed by atoms with Crippen molar-refractivity contribution in [2.75, 3.05) is 0 Å². The van der Waals surface area contributed by atoms with Gasteiger partial charge in [0, 0.05) is 30.9 Å². The number of likely N-dealkylation sites (tertiary alicyclic amines) is 1. The fourth-order valence-electron chi connectivity index (χ4n) is 4.50. The summed E-state index contributed by atoms with van der Waals surface area (Å²) in [6, 6.07) is 14.3. The summed E-state index contributed by atoms with van der Waals surface area (Å²) in [6.07, 6.45) is 3.99. The van der Waals surface area contributed by atoms with Crippen LogP contribution in [0.1, 0.15) is 35.2 Å². The number of phenols is 1. The van der Waals surface area contributed by atoms with Crippen molar-refractivity contribution in [3.63, 3.8) is 0 Å². The molecule has 1 fully saturated rings. The van der Waals surface area contributed by atoms with Crippen molar-refractivity contribution in [2.45, 2.75) is 32.0 Å². The molecule has 0 spiro atoms. The number of aromatic nitrogens is 1. The maximum atomic E-state index is 13.2. The van der Waals surface area contributed by atoms with E-state index in [2.05, 4.69) is 4.98 Å². The van der Waals surface area contributed by atoms with Gasteiger partial charge < -0.3 is 19.8 Å². The highest BCUT2D eigenvalue weighted by Crippen LogP contribution is 2.41. The summed E-state index contributed by atoms with van der Waals surface area (Å²) in [6.45, 7) is 2.09. The average Bonchev–Trinajstić information content (AvgIpc) is 3.30. The quantitative estimate of drug-likeness (QED) is 0.363. The number of fused-ring (bicyclic) bond motifs is 1. The first-order valence-corrected chi connectivity index (χ1v) is 10.7. The van der Waals surface area contributed by atoms with E-state index in [1.807, 2.05) is 13.0 Å². The van der Waals surface area contributed by atoms with Gasteiger partial charge in [-0.1, -0.05) is 18.2 Å². The molecule has 3 aromatic rings. The van der Waals surface area contributed by atoms with Crippen molar-refractivity contribution in [2.24, 2.45) is 0 Å². The molecule has 7 nitrogen and oxygen atoms in total. The summed E-state index contributed by atoms with van der Waals surface area (Å²) >= 11 is 0. The lowest BCUT2D eigenvalue weighted by atomic mass is 9.94. The molecule has 0 bridgehead atoms. The van der Waals surface area contributed by atoms with Crippen LogP contribution in [0.15, 0.2) is 72.6 Å². The molecule has 1 saturated heterocycles. The molecule has 2 aromatic carbocycles. The van der Waals surface area contributed by atoms with Crippen molar-refractivity contribution >= 4 is 17.4 Å². The number of aliphatic hydroxyl groups excluding tert-OH is 1. The van der Waals surface area contributed by atoms with Crippen molar-refractivity contribution in [1.29, 1.82) is 0 Å². The normalized spacial score (nSPS) is 21.2. The molecule has 0 radical (unpaired) electrons. The molecule has 0 saturated carbocycles. The number of carbonyl (C=O) groups excluding carboxylic acids is 2. The van der Waals surface area contributed by atoms with Crippen LogP contribution in [-0.2, 0) is 22.6 Å². The average molecular weight is 442 g/mol. The first-order valence-electron chi connectivity index (χ1n) is 10.7. The Hall–Kier alpha value is -4.13. The smallest absolute Gasteiger partial charge is 0.295 e. The minimum absolute atomic E-state index is 0.00290. The molecule has 3 heterocycles. The van der Waals surface area contributed by atoms with Gasteiger partial charge in [0.1, 0.15) is 23.4 Å². The van der Waals surface area contributed by atoms with Crippen molar-refractivity contribution < 1.29 is 24.5 Å². The molecule has 2 atom stereocenters. The third-order valence-corrected chi connectivity index (χ3v) is 5.97. The number of Topliss-reactive ketones (excluding diaryl/α,β-unsaturated/α-hetero) is 1. The molecule has 7 heteroatoms. The summed E-state index contributed by atoms with van der Waals surface area (Å²) in [5, 5.41) is 21.3. The van der Waals surface area contributed by atoms with E-state index in [1.165, 1.54) is 17.0 Å². The molecule has 166 valence electrons. The van der Waals surface area contributed by atoms with Crippen LogP contribution < -0.4 is 4.74 Å². The number of amides is 1. The zero-order valence-corrected chi connectivity index (χ0v) is 17.9. The third kappa shape index (κ3) is 3.71. The van der Waals surface area contributed by atoms with E-state index in [1.54, 1.807) is 48.8 Å². The minimum Gasteiger partial charge on any atom is -0.508 e. The monoisotopic (exact) mass is 442 g/mol. The van der Waals surface area contributed by atoms with Crippen molar-refractivity contribution in [3.05, 3.63) is 94.8 Å². The van der Waals surface area contributed by atoms with Crippen LogP contribution in [0.4, 0.5) is 0 Å². The largest absolute Gasteiger partial charge is 0.508 e. The Morgan fingerprint density at radius 2 is 2.00 bits per heavy atom. The number of hydrogen-bond donors (Lipinski definition) is 2. The van der Waals surface area contributed by atoms with Crippen LogP contribution in [0.2, 0.25) is 0 Å². The van der Waals surface area contributed by atoms with Gasteiger partial charge in [-0.15, -0.1) is 0 Å². The highest BCUT2D eigenvalue weighted by Gasteiger charge is 2.46. The number of ether oxygens (including phenoxy) is 1. The van der Waals surface area contributed by atoms with Crippen molar-refractivity contribution in [1.82, 2.24) is 9.88 Å². The van der Waals surface area contributed by atoms with Crippen LogP contribution in [0.5, 0.6) is 11.5 Å². The van der Waals surface area contributed by atoms with E-state index < -0.39 is 17.7 Å². The number of pyridine rings is 1. The van der Waals surface area contributed by atoms with Crippen LogP contribution in [0.3, 0.4) is 0 Å². The maximum Gasteiger partial charge on any atom is 0.295 e. The topological polar surface area (TPSA) is 100.0 Å². The van der Waals surface area contributed by atoms with Gasteiger partial charge in [-0.3, -0.25) is 14.6 Å². The van der Waals surface area contributed by atoms with Gasteiger partial charge in [0.05, 0.1) is 11.6 Å². The van der Waals surface area contributed by atoms with E-state index >= 15 is 0 Å². The van der Waals surface area contributed by atoms with E-state index in [4.69, 9.17) is 4.74 Å². The Kier molecular flexibility index (Phi) is 5.09. The molecule has 1 aromatic heterocycles. The Morgan fingerprint density at radius 1 is 1.15 bits per heavy atom. The molecule has 2 N–H and O–H groups in total. The lowest BCUT2D eigenvalue weighted by molar-refractivity contribution is -0.140. The predicted molar refractivity (Wildman–Crippen MR) is 120 cm³/mol. The summed E-state index contributed by atoms with van der Waals surface area (Å²) in [7, 11) is 0. The summed E-state index contributed by atoms with van der Waals surface area (Å²) in [5.41, 5.74) is 2.63. The highest BCUT2D eigenvalue weighted by atomic mass is 16.5. The fraction of sp³-hybridized carbons (Fsp3) is 0.192. The molecule has 0 unspecified atom stereocenters. The second kappa shape index (κ2) is 8.09. The number of benzene rings is 2. The Balaban J connectivity index is 1.64. The number of nitrogens with zero attached hydrogens (tertiary/aromatic N) is 2. The molecular formula is C26H22N2O5. The van der Waals surface area contributed by atoms with Gasteiger partial charge in [0.25, 0.3) is 11.7 Å². The van der Waals surface area contributed by atoms with E-state index in [0.29, 0.717) is 17.5 Å². The first kappa shape index (κ1) is 20.8. The molecule has 2 aliphatic rings. The van der Waals surface area contributed by atoms with Gasteiger partial charge >= 0.3 is 0 Å². The first-order chi connectivity index (χ1) is 15.9. The highest BCUT2D eigenvalue weighted by molar-refractivity contribution is 6.46. The van der Waals surface area contributed by atoms with Crippen LogP contribution in [0, 0.1) is 0 Å². The number of hydrogen-bond acceptors (Lipinski definition) is 6. The Bertz CT molecular complexity index is 1280. The van der Waals surface area contributed by atoms with Gasteiger partial charge in [-0.25, -0.2) is 0 Å². The maximum absolute atomic E-state index is 13.2.